The molecular weight excluding hydrogens is 276 g/mol. The van der Waals surface area contributed by atoms with Gasteiger partial charge in [-0.05, 0) is 24.3 Å². The number of unbranched alkanes of at least 4 members (excludes halogenated alkanes) is 1. The van der Waals surface area contributed by atoms with Crippen LogP contribution in [0.15, 0.2) is 42.5 Å². The molecule has 0 saturated heterocycles. The van der Waals surface area contributed by atoms with E-state index in [1.807, 2.05) is 42.5 Å². The smallest absolute Gasteiger partial charge is 0.311 e. The van der Waals surface area contributed by atoms with E-state index in [4.69, 9.17) is 9.47 Å². The molecule has 0 N–H and O–H groups in total. The van der Waals surface area contributed by atoms with Gasteiger partial charge in [0.1, 0.15) is 5.75 Å². The lowest BCUT2D eigenvalue weighted by Crippen LogP contribution is -2.15. The highest BCUT2D eigenvalue weighted by Crippen LogP contribution is 2.25. The molecule has 0 amide bonds. The van der Waals surface area contributed by atoms with Crippen LogP contribution in [0.5, 0.6) is 5.75 Å². The Morgan fingerprint density at radius 1 is 1.09 bits per heavy atom. The third-order valence-corrected chi connectivity index (χ3v) is 3.86. The van der Waals surface area contributed by atoms with Gasteiger partial charge >= 0.3 is 5.97 Å². The summed E-state index contributed by atoms with van der Waals surface area (Å²) in [5, 5.41) is 2.04. The summed E-state index contributed by atoms with van der Waals surface area (Å²) in [6.07, 6.45) is 4.48. The van der Waals surface area contributed by atoms with Gasteiger partial charge in [-0.1, -0.05) is 56.2 Å². The van der Waals surface area contributed by atoms with E-state index < -0.39 is 0 Å². The summed E-state index contributed by atoms with van der Waals surface area (Å²) in [5.74, 6) is 0.431. The Hall–Kier alpha value is -1.87. The predicted molar refractivity (Wildman–Crippen MR) is 89.1 cm³/mol. The van der Waals surface area contributed by atoms with E-state index in [0.29, 0.717) is 18.6 Å². The van der Waals surface area contributed by atoms with Crippen molar-refractivity contribution in [2.75, 3.05) is 7.11 Å². The summed E-state index contributed by atoms with van der Waals surface area (Å²) in [4.78, 5) is 12.1. The number of esters is 1. The van der Waals surface area contributed by atoms with Crippen LogP contribution in [0.2, 0.25) is 0 Å². The number of hydrogen-bond donors (Lipinski definition) is 0. The zero-order chi connectivity index (χ0) is 15.8. The highest BCUT2D eigenvalue weighted by molar-refractivity contribution is 5.90. The van der Waals surface area contributed by atoms with Crippen LogP contribution in [0.1, 0.15) is 39.0 Å². The van der Waals surface area contributed by atoms with Gasteiger partial charge in [-0.25, -0.2) is 0 Å². The second-order valence-electron chi connectivity index (χ2n) is 5.49. The van der Waals surface area contributed by atoms with E-state index in [1.54, 1.807) is 7.11 Å². The van der Waals surface area contributed by atoms with Crippen LogP contribution in [-0.2, 0) is 9.53 Å². The molecule has 22 heavy (non-hydrogen) atoms. The lowest BCUT2D eigenvalue weighted by Gasteiger charge is -2.14. The average Bonchev–Trinajstić information content (AvgIpc) is 2.55. The van der Waals surface area contributed by atoms with Gasteiger partial charge in [0.15, 0.2) is 0 Å². The fourth-order valence-corrected chi connectivity index (χ4v) is 2.55. The van der Waals surface area contributed by atoms with Gasteiger partial charge in [0.05, 0.1) is 6.10 Å². The fourth-order valence-electron chi connectivity index (χ4n) is 2.55. The lowest BCUT2D eigenvalue weighted by molar-refractivity contribution is -0.135. The van der Waals surface area contributed by atoms with Gasteiger partial charge in [-0.2, -0.15) is 0 Å². The fraction of sp³-hybridized carbons (Fsp3) is 0.421. The van der Waals surface area contributed by atoms with Crippen LogP contribution >= 0.6 is 0 Å². The molecule has 0 radical (unpaired) electrons. The number of methoxy groups -OCH3 is 1. The normalized spacial score (nSPS) is 12.3. The van der Waals surface area contributed by atoms with Gasteiger partial charge in [-0.3, -0.25) is 4.79 Å². The molecule has 0 aliphatic carbocycles. The number of hydrogen-bond acceptors (Lipinski definition) is 3. The Kier molecular flexibility index (Phi) is 6.41. The third kappa shape index (κ3) is 4.57. The van der Waals surface area contributed by atoms with Gasteiger partial charge < -0.3 is 9.47 Å². The maximum atomic E-state index is 12.1. The topological polar surface area (TPSA) is 35.5 Å². The molecular formula is C19H24O3. The van der Waals surface area contributed by atoms with Crippen molar-refractivity contribution >= 4 is 16.7 Å². The molecule has 0 heterocycles. The van der Waals surface area contributed by atoms with Crippen molar-refractivity contribution in [3.8, 4) is 5.75 Å². The van der Waals surface area contributed by atoms with Crippen molar-refractivity contribution in [1.82, 2.24) is 0 Å². The Bertz CT molecular complexity index is 601. The summed E-state index contributed by atoms with van der Waals surface area (Å²) >= 11 is 0. The number of rotatable bonds is 8. The van der Waals surface area contributed by atoms with Crippen molar-refractivity contribution in [2.45, 2.75) is 45.1 Å². The minimum absolute atomic E-state index is 0.139. The zero-order valence-corrected chi connectivity index (χ0v) is 13.4. The van der Waals surface area contributed by atoms with E-state index in [2.05, 4.69) is 6.92 Å². The van der Waals surface area contributed by atoms with E-state index in [9.17, 15) is 4.79 Å². The summed E-state index contributed by atoms with van der Waals surface area (Å²) in [5.41, 5.74) is 0. The molecule has 2 aromatic carbocycles. The van der Waals surface area contributed by atoms with Crippen LogP contribution in [0.4, 0.5) is 0 Å². The van der Waals surface area contributed by atoms with Crippen LogP contribution in [0, 0.1) is 0 Å². The molecule has 2 rings (SSSR count). The molecule has 0 fully saturated rings. The first kappa shape index (κ1) is 16.5. The number of carbonyl (C=O) groups is 1. The first-order chi connectivity index (χ1) is 10.7. The second-order valence-corrected chi connectivity index (χ2v) is 5.49. The lowest BCUT2D eigenvalue weighted by atomic mass is 10.1. The van der Waals surface area contributed by atoms with Crippen molar-refractivity contribution in [3.05, 3.63) is 42.5 Å². The number of ether oxygens (including phenoxy) is 2. The largest absolute Gasteiger partial charge is 0.426 e. The van der Waals surface area contributed by atoms with Crippen LogP contribution in [0.25, 0.3) is 10.8 Å². The monoisotopic (exact) mass is 300 g/mol. The summed E-state index contributed by atoms with van der Waals surface area (Å²) in [7, 11) is 1.70. The van der Waals surface area contributed by atoms with Gasteiger partial charge in [-0.15, -0.1) is 0 Å². The molecule has 0 aromatic heterocycles. The summed E-state index contributed by atoms with van der Waals surface area (Å²) < 4.78 is 10.9. The first-order valence-electron chi connectivity index (χ1n) is 7.95. The van der Waals surface area contributed by atoms with E-state index in [1.165, 1.54) is 0 Å². The van der Waals surface area contributed by atoms with Crippen molar-refractivity contribution in [3.63, 3.8) is 0 Å². The molecule has 118 valence electrons. The molecule has 0 bridgehead atoms. The Balaban J connectivity index is 1.93. The van der Waals surface area contributed by atoms with Gasteiger partial charge in [0, 0.05) is 18.9 Å². The van der Waals surface area contributed by atoms with Crippen LogP contribution < -0.4 is 4.74 Å². The van der Waals surface area contributed by atoms with Gasteiger partial charge in [0.25, 0.3) is 0 Å². The van der Waals surface area contributed by atoms with Crippen molar-refractivity contribution in [1.29, 1.82) is 0 Å². The minimum Gasteiger partial charge on any atom is -0.426 e. The van der Waals surface area contributed by atoms with Crippen LogP contribution in [0.3, 0.4) is 0 Å². The molecule has 0 spiro atoms. The van der Waals surface area contributed by atoms with Crippen molar-refractivity contribution < 1.29 is 14.3 Å². The molecule has 0 saturated carbocycles. The molecule has 1 atom stereocenters. The SMILES string of the molecule is CCCCC(CCC(=O)Oc1cccc2ccccc12)OC. The number of carbonyl (C=O) groups excluding carboxylic acids is 1. The quantitative estimate of drug-likeness (QED) is 0.522. The van der Waals surface area contributed by atoms with E-state index in [0.717, 1.165) is 30.0 Å². The number of fused-ring (bicyclic) bond motifs is 1. The predicted octanol–water partition coefficient (Wildman–Crippen LogP) is 4.73. The first-order valence-corrected chi connectivity index (χ1v) is 7.95. The van der Waals surface area contributed by atoms with Gasteiger partial charge in [0.2, 0.25) is 0 Å². The minimum atomic E-state index is -0.199. The average molecular weight is 300 g/mol. The second kappa shape index (κ2) is 8.54. The molecule has 2 aromatic rings. The Morgan fingerprint density at radius 2 is 1.86 bits per heavy atom. The van der Waals surface area contributed by atoms with Crippen molar-refractivity contribution in [2.24, 2.45) is 0 Å². The Morgan fingerprint density at radius 3 is 2.64 bits per heavy atom. The maximum Gasteiger partial charge on any atom is 0.311 e. The Labute approximate surface area is 132 Å². The number of benzene rings is 2. The van der Waals surface area contributed by atoms with E-state index >= 15 is 0 Å². The highest BCUT2D eigenvalue weighted by atomic mass is 16.5. The summed E-state index contributed by atoms with van der Waals surface area (Å²) in [6.45, 7) is 2.15. The maximum absolute atomic E-state index is 12.1. The standard InChI is InChI=1S/C19H24O3/c1-3-4-10-16(21-2)13-14-19(20)22-18-12-7-9-15-8-5-6-11-17(15)18/h5-9,11-12,16H,3-4,10,13-14H2,1-2H3. The summed E-state index contributed by atoms with van der Waals surface area (Å²) in [6, 6.07) is 13.7. The molecule has 1 unspecified atom stereocenters. The molecule has 0 aliphatic heterocycles. The highest BCUT2D eigenvalue weighted by Gasteiger charge is 2.12. The zero-order valence-electron chi connectivity index (χ0n) is 13.4. The molecule has 3 heteroatoms. The third-order valence-electron chi connectivity index (χ3n) is 3.86. The molecule has 0 aliphatic rings. The van der Waals surface area contributed by atoms with Crippen LogP contribution in [-0.4, -0.2) is 19.2 Å². The van der Waals surface area contributed by atoms with E-state index in [-0.39, 0.29) is 12.1 Å². The molecule has 3 nitrogen and oxygen atoms in total.